The number of terminal acetylenes is 1. The van der Waals surface area contributed by atoms with Crippen LogP contribution in [0.2, 0.25) is 0 Å². The number of amides is 1. The SMILES string of the molecule is C#Cc1ccccc1NC(=O)OCC. The van der Waals surface area contributed by atoms with Crippen LogP contribution in [0.4, 0.5) is 10.5 Å². The maximum atomic E-state index is 11.1. The van der Waals surface area contributed by atoms with E-state index >= 15 is 0 Å². The summed E-state index contributed by atoms with van der Waals surface area (Å²) in [5.74, 6) is 2.47. The summed E-state index contributed by atoms with van der Waals surface area (Å²) in [6.07, 6.45) is 4.77. The second-order valence-corrected chi connectivity index (χ2v) is 2.54. The van der Waals surface area contributed by atoms with Crippen molar-refractivity contribution >= 4 is 11.8 Å². The Morgan fingerprint density at radius 2 is 2.29 bits per heavy atom. The van der Waals surface area contributed by atoms with Crippen LogP contribution in [0.25, 0.3) is 0 Å². The average molecular weight is 189 g/mol. The van der Waals surface area contributed by atoms with Gasteiger partial charge in [-0.15, -0.1) is 6.42 Å². The van der Waals surface area contributed by atoms with Crippen LogP contribution in [0.1, 0.15) is 12.5 Å². The number of carbonyl (C=O) groups excluding carboxylic acids is 1. The molecule has 3 nitrogen and oxygen atoms in total. The van der Waals surface area contributed by atoms with Gasteiger partial charge < -0.3 is 4.74 Å². The Bertz CT molecular complexity index is 366. The van der Waals surface area contributed by atoms with Gasteiger partial charge in [0.15, 0.2) is 0 Å². The molecule has 1 amide bonds. The Labute approximate surface area is 83.1 Å². The highest BCUT2D eigenvalue weighted by molar-refractivity contribution is 5.86. The Hall–Kier alpha value is -1.95. The van der Waals surface area contributed by atoms with Crippen LogP contribution in [-0.2, 0) is 4.74 Å². The lowest BCUT2D eigenvalue weighted by Crippen LogP contribution is -2.13. The van der Waals surface area contributed by atoms with Crippen molar-refractivity contribution in [2.45, 2.75) is 6.92 Å². The molecule has 1 rings (SSSR count). The van der Waals surface area contributed by atoms with E-state index in [1.54, 1.807) is 25.1 Å². The molecule has 0 bridgehead atoms. The molecular formula is C11H11NO2. The summed E-state index contributed by atoms with van der Waals surface area (Å²) in [4.78, 5) is 11.1. The summed E-state index contributed by atoms with van der Waals surface area (Å²) in [6, 6.07) is 7.08. The number of carbonyl (C=O) groups is 1. The van der Waals surface area contributed by atoms with Gasteiger partial charge in [-0.2, -0.15) is 0 Å². The van der Waals surface area contributed by atoms with Gasteiger partial charge in [-0.25, -0.2) is 4.79 Å². The number of ether oxygens (including phenoxy) is 1. The van der Waals surface area contributed by atoms with Crippen molar-refractivity contribution in [2.24, 2.45) is 0 Å². The summed E-state index contributed by atoms with van der Waals surface area (Å²) in [6.45, 7) is 2.08. The number of hydrogen-bond donors (Lipinski definition) is 1. The molecule has 0 atom stereocenters. The summed E-state index contributed by atoms with van der Waals surface area (Å²) >= 11 is 0. The van der Waals surface area contributed by atoms with E-state index in [-0.39, 0.29) is 0 Å². The van der Waals surface area contributed by atoms with Crippen LogP contribution in [0.5, 0.6) is 0 Å². The van der Waals surface area contributed by atoms with Gasteiger partial charge in [-0.3, -0.25) is 5.32 Å². The fraction of sp³-hybridized carbons (Fsp3) is 0.182. The summed E-state index contributed by atoms with van der Waals surface area (Å²) in [7, 11) is 0. The van der Waals surface area contributed by atoms with E-state index in [1.807, 2.05) is 6.07 Å². The lowest BCUT2D eigenvalue weighted by molar-refractivity contribution is 0.168. The second-order valence-electron chi connectivity index (χ2n) is 2.54. The highest BCUT2D eigenvalue weighted by Gasteiger charge is 2.04. The smallest absolute Gasteiger partial charge is 0.411 e. The zero-order valence-electron chi connectivity index (χ0n) is 7.91. The van der Waals surface area contributed by atoms with Gasteiger partial charge in [0.2, 0.25) is 0 Å². The van der Waals surface area contributed by atoms with E-state index in [2.05, 4.69) is 11.2 Å². The van der Waals surface area contributed by atoms with E-state index in [4.69, 9.17) is 11.2 Å². The molecule has 0 aliphatic heterocycles. The largest absolute Gasteiger partial charge is 0.450 e. The van der Waals surface area contributed by atoms with Crippen molar-refractivity contribution < 1.29 is 9.53 Å². The van der Waals surface area contributed by atoms with Gasteiger partial charge in [0, 0.05) is 5.56 Å². The van der Waals surface area contributed by atoms with Crippen molar-refractivity contribution in [3.63, 3.8) is 0 Å². The summed E-state index contributed by atoms with van der Waals surface area (Å²) in [5.41, 5.74) is 1.23. The van der Waals surface area contributed by atoms with Crippen molar-refractivity contribution in [3.05, 3.63) is 29.8 Å². The molecule has 0 aromatic heterocycles. The van der Waals surface area contributed by atoms with Crippen LogP contribution in [0, 0.1) is 12.3 Å². The first-order valence-corrected chi connectivity index (χ1v) is 4.27. The molecule has 1 aromatic rings. The molecule has 0 unspecified atom stereocenters. The predicted molar refractivity (Wildman–Crippen MR) is 55.0 cm³/mol. The third-order valence-corrected chi connectivity index (χ3v) is 1.59. The molecule has 0 aliphatic rings. The van der Waals surface area contributed by atoms with E-state index < -0.39 is 6.09 Å². The quantitative estimate of drug-likeness (QED) is 0.724. The fourth-order valence-electron chi connectivity index (χ4n) is 0.995. The van der Waals surface area contributed by atoms with Crippen molar-refractivity contribution in [3.8, 4) is 12.3 Å². The monoisotopic (exact) mass is 189 g/mol. The Balaban J connectivity index is 2.77. The number of nitrogens with one attached hydrogen (secondary N) is 1. The van der Waals surface area contributed by atoms with Crippen molar-refractivity contribution in [1.29, 1.82) is 0 Å². The van der Waals surface area contributed by atoms with E-state index in [1.165, 1.54) is 0 Å². The first kappa shape index (κ1) is 10.1. The van der Waals surface area contributed by atoms with Crippen LogP contribution in [0.15, 0.2) is 24.3 Å². The standard InChI is InChI=1S/C11H11NO2/c1-3-9-7-5-6-8-10(9)12-11(13)14-4-2/h1,5-8H,4H2,2H3,(H,12,13). The van der Waals surface area contributed by atoms with E-state index in [0.717, 1.165) is 0 Å². The van der Waals surface area contributed by atoms with Gasteiger partial charge in [0.25, 0.3) is 0 Å². The summed E-state index contributed by atoms with van der Waals surface area (Å²) < 4.78 is 4.73. The van der Waals surface area contributed by atoms with Gasteiger partial charge in [0.05, 0.1) is 12.3 Å². The minimum Gasteiger partial charge on any atom is -0.450 e. The third kappa shape index (κ3) is 2.53. The van der Waals surface area contributed by atoms with Crippen LogP contribution in [0.3, 0.4) is 0 Å². The molecule has 14 heavy (non-hydrogen) atoms. The molecule has 0 saturated carbocycles. The topological polar surface area (TPSA) is 38.3 Å². The normalized spacial score (nSPS) is 8.86. The zero-order chi connectivity index (χ0) is 10.4. The third-order valence-electron chi connectivity index (χ3n) is 1.59. The maximum absolute atomic E-state index is 11.1. The Kier molecular flexibility index (Phi) is 3.57. The average Bonchev–Trinajstić information content (AvgIpc) is 2.19. The fourth-order valence-corrected chi connectivity index (χ4v) is 0.995. The Morgan fingerprint density at radius 1 is 1.57 bits per heavy atom. The highest BCUT2D eigenvalue weighted by atomic mass is 16.5. The highest BCUT2D eigenvalue weighted by Crippen LogP contribution is 2.13. The van der Waals surface area contributed by atoms with E-state index in [0.29, 0.717) is 17.9 Å². The van der Waals surface area contributed by atoms with Gasteiger partial charge in [-0.1, -0.05) is 18.1 Å². The molecule has 1 aromatic carbocycles. The van der Waals surface area contributed by atoms with Gasteiger partial charge >= 0.3 is 6.09 Å². The molecule has 0 saturated heterocycles. The first-order valence-electron chi connectivity index (χ1n) is 4.27. The number of rotatable bonds is 2. The molecule has 0 heterocycles. The lowest BCUT2D eigenvalue weighted by Gasteiger charge is -2.06. The number of benzene rings is 1. The van der Waals surface area contributed by atoms with Gasteiger partial charge in [-0.05, 0) is 19.1 Å². The molecule has 72 valence electrons. The van der Waals surface area contributed by atoms with Crippen molar-refractivity contribution in [2.75, 3.05) is 11.9 Å². The molecule has 0 spiro atoms. The predicted octanol–water partition coefficient (Wildman–Crippen LogP) is 2.24. The second kappa shape index (κ2) is 4.93. The minimum absolute atomic E-state index is 0.337. The molecule has 3 heteroatoms. The van der Waals surface area contributed by atoms with Crippen LogP contribution >= 0.6 is 0 Å². The first-order chi connectivity index (χ1) is 6.77. The molecule has 0 fully saturated rings. The minimum atomic E-state index is -0.491. The maximum Gasteiger partial charge on any atom is 0.411 e. The van der Waals surface area contributed by atoms with Gasteiger partial charge in [0.1, 0.15) is 0 Å². The van der Waals surface area contributed by atoms with E-state index in [9.17, 15) is 4.79 Å². The zero-order valence-corrected chi connectivity index (χ0v) is 7.91. The number of hydrogen-bond acceptors (Lipinski definition) is 2. The lowest BCUT2D eigenvalue weighted by atomic mass is 10.2. The molecule has 0 aliphatic carbocycles. The van der Waals surface area contributed by atoms with Crippen LogP contribution < -0.4 is 5.32 Å². The molecule has 0 radical (unpaired) electrons. The summed E-state index contributed by atoms with van der Waals surface area (Å²) in [5, 5.41) is 2.56. The van der Waals surface area contributed by atoms with Crippen molar-refractivity contribution in [1.82, 2.24) is 0 Å². The molecule has 1 N–H and O–H groups in total. The molecular weight excluding hydrogens is 178 g/mol. The number of anilines is 1. The van der Waals surface area contributed by atoms with Crippen LogP contribution in [-0.4, -0.2) is 12.7 Å². The number of para-hydroxylation sites is 1. The Morgan fingerprint density at radius 3 is 2.93 bits per heavy atom.